The summed E-state index contributed by atoms with van der Waals surface area (Å²) in [4.78, 5) is 4.92. The minimum absolute atomic E-state index is 0.224. The quantitative estimate of drug-likeness (QED) is 0.187. The lowest BCUT2D eigenvalue weighted by Crippen LogP contribution is -2.31. The lowest BCUT2D eigenvalue weighted by Gasteiger charge is -2.44. The Kier molecular flexibility index (Phi) is 6.84. The molecule has 0 radical (unpaired) electrons. The van der Waals surface area contributed by atoms with Crippen molar-refractivity contribution in [3.63, 3.8) is 0 Å². The van der Waals surface area contributed by atoms with E-state index in [1.165, 1.54) is 55.2 Å². The van der Waals surface area contributed by atoms with Crippen LogP contribution in [0.25, 0.3) is 32.7 Å². The third kappa shape index (κ3) is 4.79. The Hall–Kier alpha value is -6.12. The van der Waals surface area contributed by atoms with E-state index in [2.05, 4.69) is 206 Å². The normalized spacial score (nSPS) is 13.2. The molecule has 9 rings (SSSR count). The monoisotopic (exact) mass is 628 g/mol. The standard InChI is InChI=1S/C47H36N2/c1-47(2)41-23-13-14-24-43(41)49(44-29-28-37(32-42(44)47)36-26-25-33-15-9-10-17-35(33)31-36)46-40-22-12-11-16-34(40)27-30-45(46)48(38-18-5-3-6-19-38)39-20-7-4-8-21-39/h3-32H,1-2H3. The Balaban J connectivity index is 1.34. The molecule has 0 N–H and O–H groups in total. The van der Waals surface area contributed by atoms with Crippen LogP contribution < -0.4 is 9.80 Å². The summed E-state index contributed by atoms with van der Waals surface area (Å²) in [6.07, 6.45) is 0. The van der Waals surface area contributed by atoms with Crippen LogP contribution in [-0.4, -0.2) is 0 Å². The highest BCUT2D eigenvalue weighted by Gasteiger charge is 2.38. The molecule has 0 saturated carbocycles. The van der Waals surface area contributed by atoms with Gasteiger partial charge in [-0.05, 0) is 93.0 Å². The fraction of sp³-hybridized carbons (Fsp3) is 0.0638. The number of para-hydroxylation sites is 3. The molecule has 2 nitrogen and oxygen atoms in total. The molecule has 2 heteroatoms. The SMILES string of the molecule is CC1(C)c2ccccc2N(c2c(N(c3ccccc3)c3ccccc3)ccc3ccccc23)c2ccc(-c3ccc4ccccc4c3)cc21. The Morgan fingerprint density at radius 1 is 0.429 bits per heavy atom. The second-order valence-electron chi connectivity index (χ2n) is 13.4. The van der Waals surface area contributed by atoms with Gasteiger partial charge in [0.05, 0.1) is 22.7 Å². The fourth-order valence-corrected chi connectivity index (χ4v) is 7.73. The molecule has 0 spiro atoms. The van der Waals surface area contributed by atoms with Crippen LogP contribution in [-0.2, 0) is 5.41 Å². The van der Waals surface area contributed by atoms with Crippen molar-refractivity contribution in [2.75, 3.05) is 9.80 Å². The van der Waals surface area contributed by atoms with Crippen molar-refractivity contribution < 1.29 is 0 Å². The third-order valence-corrected chi connectivity index (χ3v) is 10.2. The van der Waals surface area contributed by atoms with Gasteiger partial charge in [-0.15, -0.1) is 0 Å². The van der Waals surface area contributed by atoms with E-state index >= 15 is 0 Å². The van der Waals surface area contributed by atoms with Crippen molar-refractivity contribution in [2.24, 2.45) is 0 Å². The average Bonchev–Trinajstić information content (AvgIpc) is 3.16. The first kappa shape index (κ1) is 29.1. The zero-order valence-electron chi connectivity index (χ0n) is 27.7. The van der Waals surface area contributed by atoms with Crippen LogP contribution in [0.1, 0.15) is 25.0 Å². The highest BCUT2D eigenvalue weighted by Crippen LogP contribution is 2.56. The summed E-state index contributed by atoms with van der Waals surface area (Å²) >= 11 is 0. The molecule has 0 aromatic heterocycles. The van der Waals surface area contributed by atoms with Gasteiger partial charge in [0.2, 0.25) is 0 Å². The summed E-state index contributed by atoms with van der Waals surface area (Å²) < 4.78 is 0. The van der Waals surface area contributed by atoms with E-state index in [4.69, 9.17) is 0 Å². The van der Waals surface area contributed by atoms with E-state index < -0.39 is 0 Å². The maximum atomic E-state index is 2.52. The molecule has 1 heterocycles. The van der Waals surface area contributed by atoms with Crippen LogP contribution in [0, 0.1) is 0 Å². The Morgan fingerprint density at radius 3 is 1.73 bits per heavy atom. The minimum Gasteiger partial charge on any atom is -0.308 e. The maximum absolute atomic E-state index is 2.52. The smallest absolute Gasteiger partial charge is 0.0781 e. The first-order valence-corrected chi connectivity index (χ1v) is 17.0. The molecule has 0 unspecified atom stereocenters. The predicted molar refractivity (Wildman–Crippen MR) is 208 cm³/mol. The van der Waals surface area contributed by atoms with Crippen LogP contribution in [0.4, 0.5) is 34.1 Å². The largest absolute Gasteiger partial charge is 0.308 e. The maximum Gasteiger partial charge on any atom is 0.0781 e. The van der Waals surface area contributed by atoms with Gasteiger partial charge in [-0.1, -0.05) is 141 Å². The highest BCUT2D eigenvalue weighted by atomic mass is 15.2. The first-order valence-electron chi connectivity index (χ1n) is 17.0. The van der Waals surface area contributed by atoms with E-state index in [0.29, 0.717) is 0 Å². The van der Waals surface area contributed by atoms with E-state index in [1.54, 1.807) is 0 Å². The summed E-state index contributed by atoms with van der Waals surface area (Å²) in [5, 5.41) is 4.93. The van der Waals surface area contributed by atoms with Gasteiger partial charge in [-0.3, -0.25) is 0 Å². The number of anilines is 6. The number of fused-ring (bicyclic) bond motifs is 4. The van der Waals surface area contributed by atoms with Crippen LogP contribution in [0.15, 0.2) is 182 Å². The molecule has 8 aromatic rings. The third-order valence-electron chi connectivity index (χ3n) is 10.2. The van der Waals surface area contributed by atoms with Gasteiger partial charge in [0.15, 0.2) is 0 Å². The Bertz CT molecular complexity index is 2440. The summed E-state index contributed by atoms with van der Waals surface area (Å²) in [5.74, 6) is 0. The minimum atomic E-state index is -0.224. The topological polar surface area (TPSA) is 6.48 Å². The number of rotatable bonds is 5. The van der Waals surface area contributed by atoms with Gasteiger partial charge in [0, 0.05) is 22.2 Å². The number of hydrogen-bond acceptors (Lipinski definition) is 2. The van der Waals surface area contributed by atoms with Gasteiger partial charge in [0.1, 0.15) is 0 Å². The van der Waals surface area contributed by atoms with Crippen LogP contribution in [0.3, 0.4) is 0 Å². The predicted octanol–water partition coefficient (Wildman–Crippen LogP) is 13.2. The molecule has 0 amide bonds. The van der Waals surface area contributed by atoms with Gasteiger partial charge in [-0.2, -0.15) is 0 Å². The van der Waals surface area contributed by atoms with Crippen molar-refractivity contribution in [2.45, 2.75) is 19.3 Å². The zero-order chi connectivity index (χ0) is 33.0. The molecule has 0 atom stereocenters. The highest BCUT2D eigenvalue weighted by molar-refractivity contribution is 6.08. The average molecular weight is 629 g/mol. The van der Waals surface area contributed by atoms with Crippen molar-refractivity contribution in [3.8, 4) is 11.1 Å². The molecule has 0 bridgehead atoms. The second-order valence-corrected chi connectivity index (χ2v) is 13.4. The van der Waals surface area contributed by atoms with Crippen molar-refractivity contribution in [1.82, 2.24) is 0 Å². The summed E-state index contributed by atoms with van der Waals surface area (Å²) in [6, 6.07) is 66.2. The number of hydrogen-bond donors (Lipinski definition) is 0. The summed E-state index contributed by atoms with van der Waals surface area (Å²) in [5.41, 5.74) is 11.8. The Labute approximate surface area is 288 Å². The van der Waals surface area contributed by atoms with Crippen molar-refractivity contribution in [3.05, 3.63) is 193 Å². The van der Waals surface area contributed by atoms with Gasteiger partial charge in [0.25, 0.3) is 0 Å². The van der Waals surface area contributed by atoms with E-state index in [1.807, 2.05) is 0 Å². The summed E-state index contributed by atoms with van der Waals surface area (Å²) in [6.45, 7) is 4.74. The molecule has 0 aliphatic carbocycles. The molecule has 8 aromatic carbocycles. The van der Waals surface area contributed by atoms with Crippen molar-refractivity contribution >= 4 is 55.7 Å². The zero-order valence-corrected chi connectivity index (χ0v) is 27.7. The van der Waals surface area contributed by atoms with E-state index in [0.717, 1.165) is 22.7 Å². The molecular formula is C47H36N2. The lowest BCUT2D eigenvalue weighted by molar-refractivity contribution is 0.632. The molecule has 234 valence electrons. The molecule has 0 saturated heterocycles. The van der Waals surface area contributed by atoms with Crippen LogP contribution >= 0.6 is 0 Å². The molecule has 1 aliphatic heterocycles. The van der Waals surface area contributed by atoms with Gasteiger partial charge in [-0.25, -0.2) is 0 Å². The number of benzene rings is 8. The molecule has 49 heavy (non-hydrogen) atoms. The molecular weight excluding hydrogens is 593 g/mol. The lowest BCUT2D eigenvalue weighted by atomic mass is 9.72. The van der Waals surface area contributed by atoms with Crippen LogP contribution in [0.5, 0.6) is 0 Å². The number of nitrogens with zero attached hydrogens (tertiary/aromatic N) is 2. The fourth-order valence-electron chi connectivity index (χ4n) is 7.73. The van der Waals surface area contributed by atoms with E-state index in [-0.39, 0.29) is 5.41 Å². The van der Waals surface area contributed by atoms with E-state index in [9.17, 15) is 0 Å². The van der Waals surface area contributed by atoms with Crippen molar-refractivity contribution in [1.29, 1.82) is 0 Å². The molecule has 0 fully saturated rings. The van der Waals surface area contributed by atoms with Gasteiger partial charge < -0.3 is 9.80 Å². The second kappa shape index (κ2) is 11.5. The molecule has 1 aliphatic rings. The Morgan fingerprint density at radius 2 is 0.980 bits per heavy atom. The summed E-state index contributed by atoms with van der Waals surface area (Å²) in [7, 11) is 0. The van der Waals surface area contributed by atoms with Gasteiger partial charge >= 0.3 is 0 Å². The van der Waals surface area contributed by atoms with Crippen LogP contribution in [0.2, 0.25) is 0 Å². The first-order chi connectivity index (χ1) is 24.1.